The Morgan fingerprint density at radius 2 is 2.00 bits per heavy atom. The molecule has 15 heavy (non-hydrogen) atoms. The first kappa shape index (κ1) is 12.2. The minimum absolute atomic E-state index is 0.114. The maximum atomic E-state index is 10.2. The van der Waals surface area contributed by atoms with Crippen molar-refractivity contribution in [1.29, 1.82) is 0 Å². The predicted molar refractivity (Wildman–Crippen MR) is 58.6 cm³/mol. The number of hydrogen-bond acceptors (Lipinski definition) is 2. The van der Waals surface area contributed by atoms with Gasteiger partial charge in [-0.05, 0) is 25.0 Å². The fraction of sp³-hybridized carbons (Fsp3) is 0.364. The van der Waals surface area contributed by atoms with Gasteiger partial charge in [0, 0.05) is 22.4 Å². The molecule has 0 unspecified atom stereocenters. The summed E-state index contributed by atoms with van der Waals surface area (Å²) in [5.41, 5.74) is 5.14. The van der Waals surface area contributed by atoms with Crippen molar-refractivity contribution in [2.45, 2.75) is 25.3 Å². The second-order valence-electron chi connectivity index (χ2n) is 3.51. The molecule has 0 fully saturated rings. The first-order valence-corrected chi connectivity index (χ1v) is 5.67. The Balaban J connectivity index is 2.43. The van der Waals surface area contributed by atoms with Crippen LogP contribution in [0.4, 0.5) is 0 Å². The zero-order valence-electron chi connectivity index (χ0n) is 8.41. The van der Waals surface area contributed by atoms with E-state index in [1.807, 2.05) is 24.3 Å². The van der Waals surface area contributed by atoms with Crippen LogP contribution in [0.3, 0.4) is 0 Å². The normalized spacial score (nSPS) is 12.4. The summed E-state index contributed by atoms with van der Waals surface area (Å²) < 4.78 is 1.04. The molecule has 0 radical (unpaired) electrons. The molecule has 0 aliphatic carbocycles. The molecule has 1 aromatic rings. The molecule has 0 bridgehead atoms. The molecule has 1 atom stereocenters. The van der Waals surface area contributed by atoms with E-state index in [0.29, 0.717) is 6.42 Å². The summed E-state index contributed by atoms with van der Waals surface area (Å²) in [7, 11) is 0. The molecule has 0 saturated carbocycles. The van der Waals surface area contributed by atoms with Crippen LogP contribution in [0, 0.1) is 0 Å². The Labute approximate surface area is 97.4 Å². The van der Waals surface area contributed by atoms with Gasteiger partial charge in [0.15, 0.2) is 0 Å². The van der Waals surface area contributed by atoms with E-state index in [2.05, 4.69) is 21.7 Å². The Kier molecular flexibility index (Phi) is 4.78. The molecule has 0 aromatic heterocycles. The van der Waals surface area contributed by atoms with Gasteiger partial charge in [0.05, 0.1) is 0 Å². The van der Waals surface area contributed by atoms with E-state index in [9.17, 15) is 9.90 Å². The van der Waals surface area contributed by atoms with E-state index in [1.165, 1.54) is 0 Å². The van der Waals surface area contributed by atoms with Gasteiger partial charge in [-0.25, -0.2) is 0 Å². The highest BCUT2D eigenvalue weighted by Crippen LogP contribution is 2.17. The summed E-state index contributed by atoms with van der Waals surface area (Å²) in [5, 5.41) is 10.2. The van der Waals surface area contributed by atoms with Crippen molar-refractivity contribution in [2.75, 3.05) is 0 Å². The molecule has 0 spiro atoms. The van der Waals surface area contributed by atoms with Crippen LogP contribution in [-0.2, 0) is 4.79 Å². The molecule has 0 heterocycles. The van der Waals surface area contributed by atoms with Crippen molar-refractivity contribution >= 4 is 21.9 Å². The van der Waals surface area contributed by atoms with Crippen LogP contribution < -0.4 is 10.8 Å². The summed E-state index contributed by atoms with van der Waals surface area (Å²) in [6.45, 7) is 0. The van der Waals surface area contributed by atoms with Crippen molar-refractivity contribution < 1.29 is 15.6 Å². The van der Waals surface area contributed by atoms with Crippen LogP contribution >= 0.6 is 15.9 Å². The minimum Gasteiger partial charge on any atom is -0.550 e. The minimum atomic E-state index is -0.988. The molecule has 1 rings (SSSR count). The van der Waals surface area contributed by atoms with E-state index in [-0.39, 0.29) is 12.5 Å². The Bertz CT molecular complexity index is 324. The standard InChI is InChI=1S/C11H14BrNO2/c12-9-6-4-8(5-7-9)10(13)2-1-3-11(14)15/h4-7,10H,1-3,13H2,(H,14,15)/t10-/m0/s1. The second kappa shape index (κ2) is 5.88. The SMILES string of the molecule is [NH3+][C@@H](CCCC(=O)[O-])c1ccc(Br)cc1. The quantitative estimate of drug-likeness (QED) is 0.855. The topological polar surface area (TPSA) is 67.8 Å². The highest BCUT2D eigenvalue weighted by Gasteiger charge is 2.08. The lowest BCUT2D eigenvalue weighted by Crippen LogP contribution is -2.53. The van der Waals surface area contributed by atoms with Gasteiger partial charge in [0.1, 0.15) is 6.04 Å². The molecule has 4 heteroatoms. The van der Waals surface area contributed by atoms with Crippen molar-refractivity contribution in [3.05, 3.63) is 34.3 Å². The molecule has 0 aliphatic rings. The summed E-state index contributed by atoms with van der Waals surface area (Å²) in [6, 6.07) is 8.08. The third-order valence-corrected chi connectivity index (χ3v) is 2.80. The number of halogens is 1. The Morgan fingerprint density at radius 3 is 2.53 bits per heavy atom. The molecule has 0 saturated heterocycles. The summed E-state index contributed by atoms with van der Waals surface area (Å²) in [6.07, 6.45) is 1.50. The zero-order chi connectivity index (χ0) is 11.3. The van der Waals surface area contributed by atoms with Gasteiger partial charge in [-0.1, -0.05) is 28.1 Å². The number of benzene rings is 1. The summed E-state index contributed by atoms with van der Waals surface area (Å²) in [5.74, 6) is -0.988. The first-order chi connectivity index (χ1) is 7.09. The van der Waals surface area contributed by atoms with E-state index in [1.54, 1.807) is 0 Å². The monoisotopic (exact) mass is 271 g/mol. The highest BCUT2D eigenvalue weighted by atomic mass is 79.9. The van der Waals surface area contributed by atoms with Crippen molar-refractivity contribution in [3.63, 3.8) is 0 Å². The number of carboxylic acids is 1. The van der Waals surface area contributed by atoms with Crippen molar-refractivity contribution in [2.24, 2.45) is 0 Å². The number of quaternary nitrogens is 1. The molecule has 0 aliphatic heterocycles. The largest absolute Gasteiger partial charge is 0.550 e. The maximum Gasteiger partial charge on any atom is 0.110 e. The number of hydrogen-bond donors (Lipinski definition) is 1. The summed E-state index contributed by atoms with van der Waals surface area (Å²) >= 11 is 3.36. The molecule has 0 amide bonds. The molecule has 3 N–H and O–H groups in total. The molecular formula is C11H14BrNO2. The number of rotatable bonds is 5. The number of carbonyl (C=O) groups is 1. The van der Waals surface area contributed by atoms with E-state index in [4.69, 9.17) is 0 Å². The van der Waals surface area contributed by atoms with Gasteiger partial charge in [0.25, 0.3) is 0 Å². The van der Waals surface area contributed by atoms with Crippen LogP contribution in [0.1, 0.15) is 30.9 Å². The van der Waals surface area contributed by atoms with E-state index < -0.39 is 5.97 Å². The van der Waals surface area contributed by atoms with Crippen LogP contribution in [0.15, 0.2) is 28.7 Å². The van der Waals surface area contributed by atoms with Crippen LogP contribution in [0.25, 0.3) is 0 Å². The fourth-order valence-electron chi connectivity index (χ4n) is 1.39. The van der Waals surface area contributed by atoms with Gasteiger partial charge >= 0.3 is 0 Å². The van der Waals surface area contributed by atoms with Gasteiger partial charge in [0.2, 0.25) is 0 Å². The zero-order valence-corrected chi connectivity index (χ0v) is 10.00. The number of carboxylic acid groups (broad SMARTS) is 1. The maximum absolute atomic E-state index is 10.2. The van der Waals surface area contributed by atoms with E-state index in [0.717, 1.165) is 16.5 Å². The third kappa shape index (κ3) is 4.44. The Hall–Kier alpha value is -0.870. The lowest BCUT2D eigenvalue weighted by molar-refractivity contribution is -0.428. The number of aliphatic carboxylic acids is 1. The molecule has 3 nitrogen and oxygen atoms in total. The Morgan fingerprint density at radius 1 is 1.40 bits per heavy atom. The van der Waals surface area contributed by atoms with Gasteiger partial charge < -0.3 is 15.6 Å². The third-order valence-electron chi connectivity index (χ3n) is 2.27. The van der Waals surface area contributed by atoms with Crippen LogP contribution in [0.2, 0.25) is 0 Å². The summed E-state index contributed by atoms with van der Waals surface area (Å²) in [4.78, 5) is 10.2. The average Bonchev–Trinajstić information content (AvgIpc) is 2.18. The van der Waals surface area contributed by atoms with Gasteiger partial charge in [-0.15, -0.1) is 0 Å². The molecule has 1 aromatic carbocycles. The lowest BCUT2D eigenvalue weighted by atomic mass is 10.0. The highest BCUT2D eigenvalue weighted by molar-refractivity contribution is 9.10. The average molecular weight is 272 g/mol. The lowest BCUT2D eigenvalue weighted by Gasteiger charge is -2.09. The second-order valence-corrected chi connectivity index (χ2v) is 4.43. The van der Waals surface area contributed by atoms with Gasteiger partial charge in [-0.3, -0.25) is 0 Å². The van der Waals surface area contributed by atoms with E-state index >= 15 is 0 Å². The number of carbonyl (C=O) groups excluding carboxylic acids is 1. The van der Waals surface area contributed by atoms with Crippen LogP contribution in [0.5, 0.6) is 0 Å². The first-order valence-electron chi connectivity index (χ1n) is 4.88. The molecule has 82 valence electrons. The van der Waals surface area contributed by atoms with Crippen molar-refractivity contribution in [1.82, 2.24) is 0 Å². The smallest absolute Gasteiger partial charge is 0.110 e. The fourth-order valence-corrected chi connectivity index (χ4v) is 1.66. The van der Waals surface area contributed by atoms with Crippen molar-refractivity contribution in [3.8, 4) is 0 Å². The molecular weight excluding hydrogens is 258 g/mol. The van der Waals surface area contributed by atoms with Gasteiger partial charge in [-0.2, -0.15) is 0 Å². The van der Waals surface area contributed by atoms with Crippen LogP contribution in [-0.4, -0.2) is 5.97 Å². The predicted octanol–water partition coefficient (Wildman–Crippen LogP) is 0.652.